The Bertz CT molecular complexity index is 510. The summed E-state index contributed by atoms with van der Waals surface area (Å²) in [4.78, 5) is 27.1. The number of carbonyl (C=O) groups is 2. The predicted octanol–water partition coefficient (Wildman–Crippen LogP) is 0.660. The Morgan fingerprint density at radius 1 is 1.29 bits per heavy atom. The molecule has 1 aliphatic heterocycles. The van der Waals surface area contributed by atoms with Crippen LogP contribution in [-0.4, -0.2) is 68.9 Å². The predicted molar refractivity (Wildman–Crippen MR) is 78.0 cm³/mol. The molecule has 1 aromatic rings. The zero-order valence-corrected chi connectivity index (χ0v) is 12.4. The van der Waals surface area contributed by atoms with E-state index < -0.39 is 0 Å². The van der Waals surface area contributed by atoms with E-state index >= 15 is 0 Å². The average molecular weight is 292 g/mol. The largest absolute Gasteiger partial charge is 0.493 e. The monoisotopic (exact) mass is 292 g/mol. The van der Waals surface area contributed by atoms with Crippen molar-refractivity contribution in [2.45, 2.75) is 0 Å². The number of amides is 1. The summed E-state index contributed by atoms with van der Waals surface area (Å²) in [6.07, 6.45) is 0.693. The number of benzene rings is 1. The normalized spacial score (nSPS) is 15.6. The van der Waals surface area contributed by atoms with Crippen molar-refractivity contribution in [3.05, 3.63) is 23.8 Å². The Morgan fingerprint density at radius 2 is 2.00 bits per heavy atom. The Morgan fingerprint density at radius 3 is 2.62 bits per heavy atom. The summed E-state index contributed by atoms with van der Waals surface area (Å²) >= 11 is 0. The van der Waals surface area contributed by atoms with Crippen molar-refractivity contribution in [3.63, 3.8) is 0 Å². The molecular weight excluding hydrogens is 272 g/mol. The molecule has 0 saturated carbocycles. The number of hydrogen-bond donors (Lipinski definition) is 0. The fourth-order valence-electron chi connectivity index (χ4n) is 2.22. The van der Waals surface area contributed by atoms with Crippen LogP contribution in [0.3, 0.4) is 0 Å². The van der Waals surface area contributed by atoms with Crippen LogP contribution in [0.5, 0.6) is 11.5 Å². The van der Waals surface area contributed by atoms with Gasteiger partial charge in [-0.3, -0.25) is 9.59 Å². The second kappa shape index (κ2) is 7.08. The van der Waals surface area contributed by atoms with E-state index in [-0.39, 0.29) is 12.5 Å². The lowest BCUT2D eigenvalue weighted by atomic mass is 10.2. The molecule has 6 heteroatoms. The Hall–Kier alpha value is -2.08. The smallest absolute Gasteiger partial charge is 0.260 e. The summed E-state index contributed by atoms with van der Waals surface area (Å²) in [5.74, 6) is 0.689. The molecule has 0 radical (unpaired) electrons. The van der Waals surface area contributed by atoms with Gasteiger partial charge >= 0.3 is 0 Å². The van der Waals surface area contributed by atoms with E-state index in [9.17, 15) is 9.59 Å². The highest BCUT2D eigenvalue weighted by Gasteiger charge is 2.20. The number of para-hydroxylation sites is 1. The first kappa shape index (κ1) is 15.3. The van der Waals surface area contributed by atoms with Crippen molar-refractivity contribution >= 4 is 12.2 Å². The zero-order valence-electron chi connectivity index (χ0n) is 12.4. The Labute approximate surface area is 124 Å². The van der Waals surface area contributed by atoms with Crippen LogP contribution >= 0.6 is 0 Å². The van der Waals surface area contributed by atoms with Crippen LogP contribution in [0.25, 0.3) is 0 Å². The maximum atomic E-state index is 12.1. The molecule has 6 nitrogen and oxygen atoms in total. The molecule has 0 aromatic heterocycles. The highest BCUT2D eigenvalue weighted by atomic mass is 16.5. The van der Waals surface area contributed by atoms with Gasteiger partial charge in [-0.25, -0.2) is 0 Å². The molecule has 0 aliphatic carbocycles. The molecule has 1 heterocycles. The Balaban J connectivity index is 1.99. The van der Waals surface area contributed by atoms with Gasteiger partial charge < -0.3 is 19.3 Å². The van der Waals surface area contributed by atoms with Crippen molar-refractivity contribution in [3.8, 4) is 11.5 Å². The van der Waals surface area contributed by atoms with Crippen LogP contribution in [-0.2, 0) is 4.79 Å². The third kappa shape index (κ3) is 3.72. The lowest BCUT2D eigenvalue weighted by molar-refractivity contribution is -0.134. The fourth-order valence-corrected chi connectivity index (χ4v) is 2.22. The Kier molecular flexibility index (Phi) is 5.16. The number of ether oxygens (including phenoxy) is 2. The molecule has 1 aliphatic rings. The molecule has 2 rings (SSSR count). The lowest BCUT2D eigenvalue weighted by Crippen LogP contribution is -2.48. The number of likely N-dealkylation sites (N-methyl/N-ethyl adjacent to an activating group) is 1. The molecule has 1 fully saturated rings. The van der Waals surface area contributed by atoms with Crippen molar-refractivity contribution in [1.29, 1.82) is 0 Å². The molecule has 0 atom stereocenters. The molecule has 0 N–H and O–H groups in total. The first-order chi connectivity index (χ1) is 10.2. The SMILES string of the molecule is COc1cccc(C=O)c1OCC(=O)N1CCN(C)CC1. The van der Waals surface area contributed by atoms with Gasteiger partial charge in [-0.15, -0.1) is 0 Å². The summed E-state index contributed by atoms with van der Waals surface area (Å²) < 4.78 is 10.7. The van der Waals surface area contributed by atoms with Gasteiger partial charge in [0.1, 0.15) is 0 Å². The third-order valence-electron chi connectivity index (χ3n) is 3.55. The number of hydrogen-bond acceptors (Lipinski definition) is 5. The highest BCUT2D eigenvalue weighted by Crippen LogP contribution is 2.29. The topological polar surface area (TPSA) is 59.1 Å². The standard InChI is InChI=1S/C15H20N2O4/c1-16-6-8-17(9-7-16)14(19)11-21-15-12(10-18)4-3-5-13(15)20-2/h3-5,10H,6-9,11H2,1-2H3. The molecule has 0 bridgehead atoms. The van der Waals surface area contributed by atoms with Gasteiger partial charge in [-0.2, -0.15) is 0 Å². The number of aldehydes is 1. The van der Waals surface area contributed by atoms with Gasteiger partial charge in [0.15, 0.2) is 24.4 Å². The second-order valence-electron chi connectivity index (χ2n) is 4.97. The summed E-state index contributed by atoms with van der Waals surface area (Å²) in [5, 5.41) is 0. The van der Waals surface area contributed by atoms with Crippen LogP contribution in [0.2, 0.25) is 0 Å². The van der Waals surface area contributed by atoms with Gasteiger partial charge in [0.2, 0.25) is 0 Å². The van der Waals surface area contributed by atoms with E-state index in [1.165, 1.54) is 7.11 Å². The molecule has 1 saturated heterocycles. The van der Waals surface area contributed by atoms with Crippen molar-refractivity contribution in [2.24, 2.45) is 0 Å². The van der Waals surface area contributed by atoms with Crippen LogP contribution in [0.1, 0.15) is 10.4 Å². The molecular formula is C15H20N2O4. The van der Waals surface area contributed by atoms with E-state index in [4.69, 9.17) is 9.47 Å². The van der Waals surface area contributed by atoms with Gasteiger partial charge in [-0.1, -0.05) is 6.07 Å². The molecule has 1 amide bonds. The molecule has 1 aromatic carbocycles. The maximum absolute atomic E-state index is 12.1. The van der Waals surface area contributed by atoms with Crippen LogP contribution in [0, 0.1) is 0 Å². The second-order valence-corrected chi connectivity index (χ2v) is 4.97. The number of nitrogens with zero attached hydrogens (tertiary/aromatic N) is 2. The molecule has 21 heavy (non-hydrogen) atoms. The van der Waals surface area contributed by atoms with Crippen molar-refractivity contribution < 1.29 is 19.1 Å². The fraction of sp³-hybridized carbons (Fsp3) is 0.467. The number of methoxy groups -OCH3 is 1. The molecule has 0 spiro atoms. The van der Waals surface area contributed by atoms with E-state index in [1.807, 2.05) is 7.05 Å². The summed E-state index contributed by atoms with van der Waals surface area (Å²) in [7, 11) is 3.53. The summed E-state index contributed by atoms with van der Waals surface area (Å²) in [5.41, 5.74) is 0.375. The third-order valence-corrected chi connectivity index (χ3v) is 3.55. The molecule has 114 valence electrons. The quantitative estimate of drug-likeness (QED) is 0.746. The highest BCUT2D eigenvalue weighted by molar-refractivity contribution is 5.82. The minimum absolute atomic E-state index is 0.0779. The van der Waals surface area contributed by atoms with Crippen LogP contribution in [0.4, 0.5) is 0 Å². The lowest BCUT2D eigenvalue weighted by Gasteiger charge is -2.32. The van der Waals surface area contributed by atoms with Crippen molar-refractivity contribution in [2.75, 3.05) is 46.9 Å². The van der Waals surface area contributed by atoms with E-state index in [0.717, 1.165) is 13.1 Å². The van der Waals surface area contributed by atoms with E-state index in [2.05, 4.69) is 4.90 Å². The minimum atomic E-state index is -0.0923. The van der Waals surface area contributed by atoms with E-state index in [0.29, 0.717) is 36.4 Å². The van der Waals surface area contributed by atoms with Crippen molar-refractivity contribution in [1.82, 2.24) is 9.80 Å². The van der Waals surface area contributed by atoms with Gasteiger partial charge in [0.25, 0.3) is 5.91 Å². The number of rotatable bonds is 5. The van der Waals surface area contributed by atoms with Gasteiger partial charge in [0.05, 0.1) is 12.7 Å². The number of carbonyl (C=O) groups excluding carboxylic acids is 2. The van der Waals surface area contributed by atoms with Crippen LogP contribution in [0.15, 0.2) is 18.2 Å². The maximum Gasteiger partial charge on any atom is 0.260 e. The minimum Gasteiger partial charge on any atom is -0.493 e. The van der Waals surface area contributed by atoms with Gasteiger partial charge in [0, 0.05) is 26.2 Å². The van der Waals surface area contributed by atoms with Crippen LogP contribution < -0.4 is 9.47 Å². The summed E-state index contributed by atoms with van der Waals surface area (Å²) in [6.45, 7) is 3.03. The van der Waals surface area contributed by atoms with E-state index in [1.54, 1.807) is 23.1 Å². The molecule has 0 unspecified atom stereocenters. The zero-order chi connectivity index (χ0) is 15.2. The first-order valence-electron chi connectivity index (χ1n) is 6.87. The van der Waals surface area contributed by atoms with Gasteiger partial charge in [-0.05, 0) is 19.2 Å². The summed E-state index contributed by atoms with van der Waals surface area (Å²) in [6, 6.07) is 5.03. The number of piperazine rings is 1. The average Bonchev–Trinajstić information content (AvgIpc) is 2.52. The first-order valence-corrected chi connectivity index (χ1v) is 6.87.